The van der Waals surface area contributed by atoms with Gasteiger partial charge in [-0.1, -0.05) is 13.0 Å². The number of likely N-dealkylation sites (tertiary alicyclic amines) is 1. The molecule has 2 heteroatoms. The molecule has 2 unspecified atom stereocenters. The van der Waals surface area contributed by atoms with Crippen molar-refractivity contribution in [2.45, 2.75) is 33.1 Å². The zero-order valence-corrected chi connectivity index (χ0v) is 11.5. The van der Waals surface area contributed by atoms with Gasteiger partial charge in [-0.15, -0.1) is 0 Å². The summed E-state index contributed by atoms with van der Waals surface area (Å²) in [5.74, 6) is 0.613. The fourth-order valence-electron chi connectivity index (χ4n) is 3.35. The van der Waals surface area contributed by atoms with E-state index < -0.39 is 0 Å². The van der Waals surface area contributed by atoms with Crippen molar-refractivity contribution in [3.05, 3.63) is 33.9 Å². The number of benzene rings is 1. The highest BCUT2D eigenvalue weighted by Crippen LogP contribution is 2.43. The lowest BCUT2D eigenvalue weighted by Gasteiger charge is -2.15. The molecule has 0 radical (unpaired) electrons. The lowest BCUT2D eigenvalue weighted by Crippen LogP contribution is -2.19. The van der Waals surface area contributed by atoms with E-state index in [0.29, 0.717) is 5.92 Å². The van der Waals surface area contributed by atoms with Crippen molar-refractivity contribution in [3.8, 4) is 6.07 Å². The molecule has 3 rings (SSSR count). The normalized spacial score (nSPS) is 25.9. The van der Waals surface area contributed by atoms with Crippen LogP contribution in [0.15, 0.2) is 6.07 Å². The van der Waals surface area contributed by atoms with E-state index in [2.05, 4.69) is 37.8 Å². The van der Waals surface area contributed by atoms with Gasteiger partial charge in [-0.3, -0.25) is 0 Å². The smallest absolute Gasteiger partial charge is 0.0676 e. The third kappa shape index (κ3) is 1.66. The van der Waals surface area contributed by atoms with Crippen molar-refractivity contribution >= 4 is 0 Å². The van der Waals surface area contributed by atoms with E-state index in [4.69, 9.17) is 0 Å². The van der Waals surface area contributed by atoms with Crippen LogP contribution in [0, 0.1) is 31.1 Å². The van der Waals surface area contributed by atoms with Gasteiger partial charge < -0.3 is 4.90 Å². The third-order valence-corrected chi connectivity index (χ3v) is 4.77. The standard InChI is InChI=1S/C16H20N2/c1-4-18-8-12(7-17)16(9-18)14-5-10(2)11(3)13-6-15(13)14/h5,12,16H,4,6,8-9H2,1-3H3. The van der Waals surface area contributed by atoms with Crippen molar-refractivity contribution in [1.82, 2.24) is 4.90 Å². The van der Waals surface area contributed by atoms with Crippen molar-refractivity contribution in [2.24, 2.45) is 5.92 Å². The molecule has 1 aliphatic carbocycles. The van der Waals surface area contributed by atoms with Gasteiger partial charge in [0.1, 0.15) is 0 Å². The fourth-order valence-corrected chi connectivity index (χ4v) is 3.35. The van der Waals surface area contributed by atoms with Crippen LogP contribution in [-0.2, 0) is 6.42 Å². The summed E-state index contributed by atoms with van der Waals surface area (Å²) < 4.78 is 0. The predicted octanol–water partition coefficient (Wildman–Crippen LogP) is 2.77. The number of likely N-dealkylation sites (N-methyl/N-ethyl adjacent to an activating group) is 1. The Morgan fingerprint density at radius 2 is 2.11 bits per heavy atom. The summed E-state index contributed by atoms with van der Waals surface area (Å²) in [5, 5.41) is 9.37. The highest BCUT2D eigenvalue weighted by molar-refractivity contribution is 5.59. The van der Waals surface area contributed by atoms with Gasteiger partial charge in [0.25, 0.3) is 0 Å². The van der Waals surface area contributed by atoms with Crippen LogP contribution in [0.4, 0.5) is 0 Å². The Hall–Kier alpha value is -1.33. The minimum absolute atomic E-state index is 0.178. The molecule has 0 amide bonds. The maximum Gasteiger partial charge on any atom is 0.0676 e. The maximum absolute atomic E-state index is 9.37. The molecule has 2 nitrogen and oxygen atoms in total. The van der Waals surface area contributed by atoms with Crippen LogP contribution < -0.4 is 0 Å². The van der Waals surface area contributed by atoms with Crippen LogP contribution in [0.25, 0.3) is 0 Å². The molecule has 1 aromatic rings. The van der Waals surface area contributed by atoms with Crippen LogP contribution in [0.1, 0.15) is 40.7 Å². The third-order valence-electron chi connectivity index (χ3n) is 4.77. The average molecular weight is 240 g/mol. The average Bonchev–Trinajstić information content (AvgIpc) is 3.06. The van der Waals surface area contributed by atoms with Crippen molar-refractivity contribution in [2.75, 3.05) is 19.6 Å². The summed E-state index contributed by atoms with van der Waals surface area (Å²) in [6.07, 6.45) is 1.16. The molecule has 0 aromatic heterocycles. The minimum Gasteiger partial charge on any atom is -0.302 e. The van der Waals surface area contributed by atoms with Gasteiger partial charge in [0.2, 0.25) is 0 Å². The number of aryl methyl sites for hydroxylation is 1. The Morgan fingerprint density at radius 3 is 2.78 bits per heavy atom. The first kappa shape index (κ1) is 11.7. The lowest BCUT2D eigenvalue weighted by atomic mass is 9.88. The van der Waals surface area contributed by atoms with Gasteiger partial charge >= 0.3 is 0 Å². The van der Waals surface area contributed by atoms with Crippen molar-refractivity contribution < 1.29 is 0 Å². The quantitative estimate of drug-likeness (QED) is 0.807. The second kappa shape index (κ2) is 4.10. The summed E-state index contributed by atoms with van der Waals surface area (Å²) in [6, 6.07) is 4.86. The molecule has 1 saturated heterocycles. The molecule has 1 aliphatic heterocycles. The number of rotatable bonds is 2. The molecule has 0 bridgehead atoms. The number of hydrogen-bond acceptors (Lipinski definition) is 2. The number of nitriles is 1. The molecule has 1 heterocycles. The molecule has 0 saturated carbocycles. The fraction of sp³-hybridized carbons (Fsp3) is 0.562. The van der Waals surface area contributed by atoms with Crippen molar-refractivity contribution in [3.63, 3.8) is 0 Å². The zero-order valence-electron chi connectivity index (χ0n) is 11.5. The van der Waals surface area contributed by atoms with E-state index in [-0.39, 0.29) is 5.92 Å². The van der Waals surface area contributed by atoms with E-state index in [9.17, 15) is 5.26 Å². The monoisotopic (exact) mass is 240 g/mol. The minimum atomic E-state index is 0.178. The molecule has 2 aliphatic rings. The molecule has 94 valence electrons. The van der Waals surface area contributed by atoms with Gasteiger partial charge in [0, 0.05) is 19.0 Å². The Kier molecular flexibility index (Phi) is 2.68. The first-order chi connectivity index (χ1) is 8.65. The van der Waals surface area contributed by atoms with Crippen LogP contribution >= 0.6 is 0 Å². The second-order valence-electron chi connectivity index (χ2n) is 5.74. The SMILES string of the molecule is CCN1CC(C#N)C(c2cc(C)c(C)c3c2C3)C1. The van der Waals surface area contributed by atoms with Crippen LogP contribution in [-0.4, -0.2) is 24.5 Å². The molecule has 18 heavy (non-hydrogen) atoms. The Bertz CT molecular complexity index is 535. The molecule has 1 aromatic carbocycles. The molecule has 2 atom stereocenters. The summed E-state index contributed by atoms with van der Waals surface area (Å²) in [6.45, 7) is 9.67. The van der Waals surface area contributed by atoms with E-state index >= 15 is 0 Å². The maximum atomic E-state index is 9.37. The van der Waals surface area contributed by atoms with E-state index in [0.717, 1.165) is 26.1 Å². The highest BCUT2D eigenvalue weighted by atomic mass is 15.1. The Morgan fingerprint density at radius 1 is 1.33 bits per heavy atom. The lowest BCUT2D eigenvalue weighted by molar-refractivity contribution is 0.349. The second-order valence-corrected chi connectivity index (χ2v) is 5.74. The van der Waals surface area contributed by atoms with Crippen LogP contribution in [0.5, 0.6) is 0 Å². The predicted molar refractivity (Wildman–Crippen MR) is 72.7 cm³/mol. The molecular formula is C16H20N2. The Labute approximate surface area is 109 Å². The van der Waals surface area contributed by atoms with Gasteiger partial charge in [0.05, 0.1) is 12.0 Å². The first-order valence-corrected chi connectivity index (χ1v) is 6.89. The van der Waals surface area contributed by atoms with E-state index in [1.54, 1.807) is 11.1 Å². The number of nitrogens with zero attached hydrogens (tertiary/aromatic N) is 2. The number of hydrogen-bond donors (Lipinski definition) is 0. The van der Waals surface area contributed by atoms with Crippen LogP contribution in [0.2, 0.25) is 0 Å². The van der Waals surface area contributed by atoms with Gasteiger partial charge in [-0.2, -0.15) is 5.26 Å². The van der Waals surface area contributed by atoms with E-state index in [1.165, 1.54) is 16.7 Å². The van der Waals surface area contributed by atoms with Crippen LogP contribution in [0.3, 0.4) is 0 Å². The highest BCUT2D eigenvalue weighted by Gasteiger charge is 2.37. The molecule has 0 N–H and O–H groups in total. The number of fused-ring (bicyclic) bond motifs is 1. The summed E-state index contributed by atoms with van der Waals surface area (Å²) >= 11 is 0. The van der Waals surface area contributed by atoms with Gasteiger partial charge in [-0.05, 0) is 54.6 Å². The summed E-state index contributed by atoms with van der Waals surface area (Å²) in [7, 11) is 0. The Balaban J connectivity index is 1.97. The van der Waals surface area contributed by atoms with E-state index in [1.807, 2.05) is 0 Å². The molecule has 0 spiro atoms. The van der Waals surface area contributed by atoms with Gasteiger partial charge in [-0.25, -0.2) is 0 Å². The molecular weight excluding hydrogens is 220 g/mol. The zero-order chi connectivity index (χ0) is 12.9. The van der Waals surface area contributed by atoms with Gasteiger partial charge in [0.15, 0.2) is 0 Å². The summed E-state index contributed by atoms with van der Waals surface area (Å²) in [4.78, 5) is 2.41. The topological polar surface area (TPSA) is 27.0 Å². The largest absolute Gasteiger partial charge is 0.302 e. The first-order valence-electron chi connectivity index (χ1n) is 6.89. The molecule has 1 fully saturated rings. The summed E-state index contributed by atoms with van der Waals surface area (Å²) in [5.41, 5.74) is 7.43. The van der Waals surface area contributed by atoms with Crippen molar-refractivity contribution in [1.29, 1.82) is 5.26 Å².